The Labute approximate surface area is 349 Å². The maximum Gasteiger partial charge on any atom is 0.254 e. The lowest BCUT2D eigenvalue weighted by Gasteiger charge is -2.57. The minimum Gasteiger partial charge on any atom is -0.478 e. The van der Waals surface area contributed by atoms with Gasteiger partial charge < -0.3 is 30.1 Å². The van der Waals surface area contributed by atoms with Gasteiger partial charge in [-0.3, -0.25) is 4.79 Å². The van der Waals surface area contributed by atoms with Gasteiger partial charge in [0, 0.05) is 107 Å². The molecule has 6 heterocycles. The second-order valence-corrected chi connectivity index (χ2v) is 18.1. The van der Waals surface area contributed by atoms with E-state index in [1.807, 2.05) is 41.2 Å². The quantitative estimate of drug-likeness (QED) is 0.111. The third-order valence-electron chi connectivity index (χ3n) is 12.7. The number of benzene rings is 1. The molecule has 8 rings (SSSR count). The first-order valence-electron chi connectivity index (χ1n) is 21.6. The Bertz CT molecular complexity index is 2140. The van der Waals surface area contributed by atoms with Gasteiger partial charge in [0.25, 0.3) is 5.91 Å². The van der Waals surface area contributed by atoms with Crippen LogP contribution in [0.3, 0.4) is 0 Å². The lowest BCUT2D eigenvalue weighted by molar-refractivity contribution is -0.0366. The molecule has 1 saturated carbocycles. The molecule has 5 aromatic rings. The Morgan fingerprint density at radius 3 is 2.27 bits per heavy atom. The number of pyridine rings is 1. The highest BCUT2D eigenvalue weighted by atomic mass is 16.5. The van der Waals surface area contributed by atoms with Crippen molar-refractivity contribution in [3.8, 4) is 17.1 Å². The van der Waals surface area contributed by atoms with Crippen molar-refractivity contribution in [2.75, 3.05) is 69.2 Å². The third-order valence-corrected chi connectivity index (χ3v) is 12.7. The van der Waals surface area contributed by atoms with Gasteiger partial charge in [0.1, 0.15) is 5.82 Å². The number of hydrogen-bond donors (Lipinski definition) is 2. The molecule has 1 aromatic carbocycles. The highest BCUT2D eigenvalue weighted by Gasteiger charge is 2.53. The van der Waals surface area contributed by atoms with Gasteiger partial charge in [0.15, 0.2) is 5.65 Å². The van der Waals surface area contributed by atoms with Crippen LogP contribution in [0.4, 0.5) is 11.8 Å². The number of aryl methyl sites for hydroxylation is 1. The topological polar surface area (TPSA) is 129 Å². The molecular formula is C46H61N11O2. The van der Waals surface area contributed by atoms with Crippen LogP contribution >= 0.6 is 0 Å². The number of fused-ring (bicyclic) bond motifs is 1. The zero-order valence-corrected chi connectivity index (χ0v) is 35.5. The van der Waals surface area contributed by atoms with Crippen LogP contribution in [0.5, 0.6) is 5.88 Å². The van der Waals surface area contributed by atoms with E-state index < -0.39 is 0 Å². The summed E-state index contributed by atoms with van der Waals surface area (Å²) < 4.78 is 7.93. The van der Waals surface area contributed by atoms with Crippen molar-refractivity contribution >= 4 is 23.3 Å². The first-order chi connectivity index (χ1) is 28.5. The summed E-state index contributed by atoms with van der Waals surface area (Å²) >= 11 is 0. The van der Waals surface area contributed by atoms with Crippen LogP contribution in [-0.4, -0.2) is 110 Å². The van der Waals surface area contributed by atoms with Gasteiger partial charge in [-0.2, -0.15) is 9.61 Å². The molecule has 312 valence electrons. The molecule has 0 bridgehead atoms. The maximum atomic E-state index is 13.0. The van der Waals surface area contributed by atoms with Crippen LogP contribution in [0.15, 0.2) is 73.3 Å². The summed E-state index contributed by atoms with van der Waals surface area (Å²) in [6.07, 6.45) is 12.4. The van der Waals surface area contributed by atoms with Crippen molar-refractivity contribution in [1.82, 2.24) is 44.7 Å². The Hall–Kier alpha value is -5.14. The molecule has 1 amide bonds. The number of nitrogens with zero attached hydrogens (tertiary/aromatic N) is 9. The van der Waals surface area contributed by atoms with Gasteiger partial charge in [0.05, 0.1) is 24.1 Å². The molecule has 2 aliphatic heterocycles. The van der Waals surface area contributed by atoms with Gasteiger partial charge >= 0.3 is 0 Å². The van der Waals surface area contributed by atoms with E-state index in [9.17, 15) is 4.79 Å². The summed E-state index contributed by atoms with van der Waals surface area (Å²) in [7, 11) is 0. The highest BCUT2D eigenvalue weighted by molar-refractivity contribution is 5.94. The maximum absolute atomic E-state index is 13.0. The number of nitrogens with one attached hydrogen (secondary N) is 2. The second kappa shape index (κ2) is 17.6. The van der Waals surface area contributed by atoms with Crippen LogP contribution in [0.2, 0.25) is 0 Å². The largest absolute Gasteiger partial charge is 0.478 e. The molecule has 13 heteroatoms. The number of rotatable bonds is 15. The number of hydrogen-bond acceptors (Lipinski definition) is 11. The predicted octanol–water partition coefficient (Wildman–Crippen LogP) is 6.61. The second-order valence-electron chi connectivity index (χ2n) is 18.1. The predicted molar refractivity (Wildman–Crippen MR) is 233 cm³/mol. The lowest BCUT2D eigenvalue weighted by Crippen LogP contribution is -2.63. The van der Waals surface area contributed by atoms with Crippen molar-refractivity contribution in [1.29, 1.82) is 0 Å². The van der Waals surface area contributed by atoms with Crippen LogP contribution in [0.1, 0.15) is 81.8 Å². The van der Waals surface area contributed by atoms with E-state index >= 15 is 0 Å². The van der Waals surface area contributed by atoms with E-state index in [4.69, 9.17) is 9.72 Å². The first kappa shape index (κ1) is 40.6. The zero-order chi connectivity index (χ0) is 41.0. The smallest absolute Gasteiger partial charge is 0.254 e. The van der Waals surface area contributed by atoms with E-state index in [0.717, 1.165) is 124 Å². The number of anilines is 2. The molecule has 2 N–H and O–H groups in total. The molecule has 0 atom stereocenters. The summed E-state index contributed by atoms with van der Waals surface area (Å²) in [4.78, 5) is 39.2. The van der Waals surface area contributed by atoms with Gasteiger partial charge in [-0.1, -0.05) is 71.0 Å². The Morgan fingerprint density at radius 1 is 0.864 bits per heavy atom. The molecule has 3 aliphatic rings. The Balaban J connectivity index is 0.713. The molecule has 0 spiro atoms. The summed E-state index contributed by atoms with van der Waals surface area (Å²) in [5, 5.41) is 11.4. The number of carbonyl (C=O) groups is 1. The third kappa shape index (κ3) is 9.52. The molecule has 0 radical (unpaired) electrons. The van der Waals surface area contributed by atoms with E-state index in [1.165, 1.54) is 0 Å². The SMILES string of the molecule is CCc1cnn2c(NCc3ccc(OCCCN4CCN(CC5CCN(c6ncc(C(=O)NC7C(C)(C)CC7(C)C)cn6)CC5)CC4)nc3)cc(-c3ccccc3)nc12. The molecular weight excluding hydrogens is 739 g/mol. The highest BCUT2D eigenvalue weighted by Crippen LogP contribution is 2.53. The van der Waals surface area contributed by atoms with Gasteiger partial charge in [-0.25, -0.2) is 19.9 Å². The number of ether oxygens (including phenoxy) is 1. The number of piperidine rings is 1. The summed E-state index contributed by atoms with van der Waals surface area (Å²) in [5.41, 5.74) is 5.80. The normalized spacial score (nSPS) is 18.8. The van der Waals surface area contributed by atoms with Crippen molar-refractivity contribution in [2.24, 2.45) is 16.7 Å². The number of piperazine rings is 1. The van der Waals surface area contributed by atoms with Crippen LogP contribution in [-0.2, 0) is 13.0 Å². The number of aromatic nitrogens is 6. The fraction of sp³-hybridized carbons (Fsp3) is 0.522. The fourth-order valence-electron chi connectivity index (χ4n) is 9.79. The first-order valence-corrected chi connectivity index (χ1v) is 21.6. The van der Waals surface area contributed by atoms with Crippen molar-refractivity contribution in [2.45, 2.75) is 79.3 Å². The number of carbonyl (C=O) groups excluding carboxylic acids is 1. The minimum absolute atomic E-state index is 0.0824. The zero-order valence-electron chi connectivity index (χ0n) is 35.5. The molecule has 13 nitrogen and oxygen atoms in total. The van der Waals surface area contributed by atoms with Gasteiger partial charge in [-0.05, 0) is 54.4 Å². The van der Waals surface area contributed by atoms with Crippen molar-refractivity contribution in [3.63, 3.8) is 0 Å². The average Bonchev–Trinajstić information content (AvgIpc) is 3.68. The fourth-order valence-corrected chi connectivity index (χ4v) is 9.79. The van der Waals surface area contributed by atoms with Crippen LogP contribution in [0.25, 0.3) is 16.9 Å². The van der Waals surface area contributed by atoms with Gasteiger partial charge in [0.2, 0.25) is 11.8 Å². The minimum atomic E-state index is -0.0824. The molecule has 1 aliphatic carbocycles. The van der Waals surface area contributed by atoms with Crippen molar-refractivity contribution < 1.29 is 9.53 Å². The standard InChI is InChI=1S/C46H61N11O2/c1-6-35-30-51-57-39(25-38(52-41(35)57)36-11-8-7-9-12-36)47-26-34-13-14-40(48-27-34)59-24-10-17-54-20-22-55(23-21-54)31-33-15-18-56(19-16-33)44-49-28-37(29-50-44)42(58)53-43-45(2,3)32-46(43,4)5/h7-9,11-14,25,27-30,33,43,47H,6,10,15-24,26,31-32H2,1-5H3,(H,53,58). The summed E-state index contributed by atoms with van der Waals surface area (Å²) in [5.74, 6) is 2.88. The number of amides is 1. The van der Waals surface area contributed by atoms with Crippen molar-refractivity contribution in [3.05, 3.63) is 90.0 Å². The molecule has 3 fully saturated rings. The van der Waals surface area contributed by atoms with E-state index in [2.05, 4.69) is 104 Å². The van der Waals surface area contributed by atoms with Crippen LogP contribution in [0, 0.1) is 16.7 Å². The van der Waals surface area contributed by atoms with Crippen LogP contribution < -0.4 is 20.3 Å². The van der Waals surface area contributed by atoms with Gasteiger partial charge in [-0.15, -0.1) is 0 Å². The van der Waals surface area contributed by atoms with E-state index in [-0.39, 0.29) is 22.8 Å². The molecule has 0 unspecified atom stereocenters. The summed E-state index contributed by atoms with van der Waals surface area (Å²) in [6, 6.07) is 16.5. The summed E-state index contributed by atoms with van der Waals surface area (Å²) in [6.45, 7) is 20.8. The lowest BCUT2D eigenvalue weighted by atomic mass is 9.52. The average molecular weight is 800 g/mol. The van der Waals surface area contributed by atoms with E-state index in [1.54, 1.807) is 12.4 Å². The molecule has 4 aromatic heterocycles. The van der Waals surface area contributed by atoms with E-state index in [0.29, 0.717) is 30.5 Å². The Kier molecular flexibility index (Phi) is 12.1. The molecule has 2 saturated heterocycles. The molecule has 59 heavy (non-hydrogen) atoms. The Morgan fingerprint density at radius 2 is 1.59 bits per heavy atom. The monoisotopic (exact) mass is 800 g/mol.